The summed E-state index contributed by atoms with van der Waals surface area (Å²) in [5, 5.41) is 8.19. The molecule has 0 radical (unpaired) electrons. The zero-order chi connectivity index (χ0) is 12.3. The van der Waals surface area contributed by atoms with Gasteiger partial charge in [-0.3, -0.25) is 0 Å². The van der Waals surface area contributed by atoms with Crippen molar-refractivity contribution in [3.05, 3.63) is 24.8 Å². The smallest absolute Gasteiger partial charge is 0.333 e. The predicted molar refractivity (Wildman–Crippen MR) is 55.1 cm³/mol. The van der Waals surface area contributed by atoms with Gasteiger partial charge in [-0.25, -0.2) is 9.59 Å². The van der Waals surface area contributed by atoms with Gasteiger partial charge in [0, 0.05) is 11.6 Å². The maximum absolute atomic E-state index is 10.5. The minimum Gasteiger partial charge on any atom is -0.466 e. The Morgan fingerprint density at radius 3 is 2.20 bits per heavy atom. The van der Waals surface area contributed by atoms with E-state index in [1.54, 1.807) is 6.92 Å². The van der Waals surface area contributed by atoms with Gasteiger partial charge in [-0.05, 0) is 6.92 Å². The lowest BCUT2D eigenvalue weighted by atomic mass is 10.4. The third kappa shape index (κ3) is 12.4. The number of rotatable bonds is 4. The van der Waals surface area contributed by atoms with Crippen LogP contribution in [-0.4, -0.2) is 37.4 Å². The number of aliphatic hydroxyl groups excluding tert-OH is 1. The van der Waals surface area contributed by atoms with Crippen LogP contribution in [-0.2, 0) is 19.1 Å². The summed E-state index contributed by atoms with van der Waals surface area (Å²) < 4.78 is 8.61. The van der Waals surface area contributed by atoms with Crippen molar-refractivity contribution < 1.29 is 24.2 Å². The molecule has 0 aromatic rings. The van der Waals surface area contributed by atoms with Crippen LogP contribution in [0, 0.1) is 0 Å². The Balaban J connectivity index is 0. The van der Waals surface area contributed by atoms with Crippen molar-refractivity contribution in [1.82, 2.24) is 0 Å². The molecule has 0 unspecified atom stereocenters. The summed E-state index contributed by atoms with van der Waals surface area (Å²) in [6.45, 7) is 7.97. The van der Waals surface area contributed by atoms with E-state index >= 15 is 0 Å². The van der Waals surface area contributed by atoms with Crippen LogP contribution in [0.5, 0.6) is 0 Å². The normalized spacial score (nSPS) is 7.93. The van der Waals surface area contributed by atoms with Crippen molar-refractivity contribution >= 4 is 11.9 Å². The first-order chi connectivity index (χ1) is 6.99. The molecule has 1 N–H and O–H groups in total. The summed E-state index contributed by atoms with van der Waals surface area (Å²) >= 11 is 0. The fraction of sp³-hybridized carbons (Fsp3) is 0.400. The number of carbonyl (C=O) groups excluding carboxylic acids is 2. The van der Waals surface area contributed by atoms with Crippen LogP contribution < -0.4 is 0 Å². The highest BCUT2D eigenvalue weighted by atomic mass is 16.5. The van der Waals surface area contributed by atoms with Crippen LogP contribution >= 0.6 is 0 Å². The fourth-order valence-corrected chi connectivity index (χ4v) is 0.345. The standard InChI is InChI=1S/C6H10O3.C4H6O2/c1-5(2)6(8)9-4-3-7;1-3-4(5)6-2/h7H,1,3-4H2,2H3;3H,1H2,2H3. The van der Waals surface area contributed by atoms with E-state index in [9.17, 15) is 9.59 Å². The Kier molecular flexibility index (Phi) is 11.0. The zero-order valence-electron chi connectivity index (χ0n) is 8.99. The van der Waals surface area contributed by atoms with E-state index < -0.39 is 11.9 Å². The van der Waals surface area contributed by atoms with E-state index in [0.29, 0.717) is 5.57 Å². The highest BCUT2D eigenvalue weighted by Gasteiger charge is 1.99. The molecule has 0 aliphatic carbocycles. The Labute approximate surface area is 89.0 Å². The van der Waals surface area contributed by atoms with E-state index in [1.165, 1.54) is 7.11 Å². The lowest BCUT2D eigenvalue weighted by molar-refractivity contribution is -0.140. The lowest BCUT2D eigenvalue weighted by Gasteiger charge is -1.99. The minimum atomic E-state index is -0.455. The molecule has 5 nitrogen and oxygen atoms in total. The average molecular weight is 216 g/mol. The molecule has 0 atom stereocenters. The molecule has 0 aromatic heterocycles. The zero-order valence-corrected chi connectivity index (χ0v) is 8.99. The quantitative estimate of drug-likeness (QED) is 0.545. The molecule has 0 aliphatic rings. The number of ether oxygens (including phenoxy) is 2. The van der Waals surface area contributed by atoms with Crippen LogP contribution in [0.2, 0.25) is 0 Å². The monoisotopic (exact) mass is 216 g/mol. The van der Waals surface area contributed by atoms with Crippen LogP contribution in [0.3, 0.4) is 0 Å². The van der Waals surface area contributed by atoms with Crippen molar-refractivity contribution in [2.24, 2.45) is 0 Å². The van der Waals surface area contributed by atoms with Gasteiger partial charge in [-0.2, -0.15) is 0 Å². The van der Waals surface area contributed by atoms with Crippen molar-refractivity contribution in [1.29, 1.82) is 0 Å². The molecule has 0 bridgehead atoms. The third-order valence-corrected chi connectivity index (χ3v) is 1.04. The number of hydrogen-bond acceptors (Lipinski definition) is 5. The van der Waals surface area contributed by atoms with E-state index in [1.807, 2.05) is 0 Å². The molecule has 0 rings (SSSR count). The summed E-state index contributed by atoms with van der Waals surface area (Å²) in [7, 11) is 1.31. The van der Waals surface area contributed by atoms with E-state index in [2.05, 4.69) is 22.6 Å². The Morgan fingerprint density at radius 1 is 1.47 bits per heavy atom. The summed E-state index contributed by atoms with van der Waals surface area (Å²) in [6, 6.07) is 0. The van der Waals surface area contributed by atoms with Gasteiger partial charge >= 0.3 is 11.9 Å². The number of esters is 2. The minimum absolute atomic E-state index is 0.0473. The van der Waals surface area contributed by atoms with Crippen molar-refractivity contribution in [3.8, 4) is 0 Å². The topological polar surface area (TPSA) is 72.8 Å². The molecule has 15 heavy (non-hydrogen) atoms. The highest BCUT2D eigenvalue weighted by Crippen LogP contribution is 1.89. The Bertz CT molecular complexity index is 232. The second-order valence-corrected chi connectivity index (χ2v) is 2.37. The average Bonchev–Trinajstić information content (AvgIpc) is 2.25. The van der Waals surface area contributed by atoms with Crippen LogP contribution in [0.1, 0.15) is 6.92 Å². The summed E-state index contributed by atoms with van der Waals surface area (Å²) in [4.78, 5) is 20.3. The molecule has 0 saturated heterocycles. The van der Waals surface area contributed by atoms with E-state index in [0.717, 1.165) is 6.08 Å². The molecule has 0 aliphatic heterocycles. The highest BCUT2D eigenvalue weighted by molar-refractivity contribution is 5.86. The molecular formula is C10H16O5. The molecule has 5 heteroatoms. The van der Waals surface area contributed by atoms with Gasteiger partial charge in [-0.1, -0.05) is 13.2 Å². The maximum atomic E-state index is 10.5. The Hall–Kier alpha value is -1.62. The van der Waals surface area contributed by atoms with Gasteiger partial charge in [0.1, 0.15) is 6.61 Å². The van der Waals surface area contributed by atoms with E-state index in [-0.39, 0.29) is 13.2 Å². The molecule has 0 heterocycles. The van der Waals surface area contributed by atoms with Gasteiger partial charge < -0.3 is 14.6 Å². The lowest BCUT2D eigenvalue weighted by Crippen LogP contribution is -2.08. The second-order valence-electron chi connectivity index (χ2n) is 2.37. The molecule has 86 valence electrons. The van der Waals surface area contributed by atoms with Gasteiger partial charge in [0.25, 0.3) is 0 Å². The third-order valence-electron chi connectivity index (χ3n) is 1.04. The Morgan fingerprint density at radius 2 is 2.00 bits per heavy atom. The summed E-state index contributed by atoms with van der Waals surface area (Å²) in [6.07, 6.45) is 1.11. The first kappa shape index (κ1) is 15.8. The van der Waals surface area contributed by atoms with Crippen LogP contribution in [0.4, 0.5) is 0 Å². The van der Waals surface area contributed by atoms with E-state index in [4.69, 9.17) is 5.11 Å². The van der Waals surface area contributed by atoms with Gasteiger partial charge in [-0.15, -0.1) is 0 Å². The first-order valence-corrected chi connectivity index (χ1v) is 4.13. The molecule has 0 saturated carbocycles. The van der Waals surface area contributed by atoms with Gasteiger partial charge in [0.2, 0.25) is 0 Å². The SMILES string of the molecule is C=C(C)C(=O)OCCO.C=CC(=O)OC. The maximum Gasteiger partial charge on any atom is 0.333 e. The van der Waals surface area contributed by atoms with Crippen LogP contribution in [0.25, 0.3) is 0 Å². The van der Waals surface area contributed by atoms with Crippen molar-refractivity contribution in [2.75, 3.05) is 20.3 Å². The number of hydrogen-bond donors (Lipinski definition) is 1. The fourth-order valence-electron chi connectivity index (χ4n) is 0.345. The van der Waals surface area contributed by atoms with Crippen molar-refractivity contribution in [2.45, 2.75) is 6.92 Å². The number of methoxy groups -OCH3 is 1. The molecule has 0 fully saturated rings. The molecule has 0 spiro atoms. The number of aliphatic hydroxyl groups is 1. The molecule has 0 aromatic carbocycles. The van der Waals surface area contributed by atoms with Crippen molar-refractivity contribution in [3.63, 3.8) is 0 Å². The summed E-state index contributed by atoms with van der Waals surface area (Å²) in [5.41, 5.74) is 0.350. The second kappa shape index (κ2) is 10.5. The first-order valence-electron chi connectivity index (χ1n) is 4.13. The number of carbonyl (C=O) groups is 2. The van der Waals surface area contributed by atoms with Gasteiger partial charge in [0.05, 0.1) is 13.7 Å². The largest absolute Gasteiger partial charge is 0.466 e. The molecule has 0 amide bonds. The van der Waals surface area contributed by atoms with Gasteiger partial charge in [0.15, 0.2) is 0 Å². The molecular weight excluding hydrogens is 200 g/mol. The summed E-state index contributed by atoms with van der Waals surface area (Å²) in [5.74, 6) is -0.848. The van der Waals surface area contributed by atoms with Crippen LogP contribution in [0.15, 0.2) is 24.8 Å². The predicted octanol–water partition coefficient (Wildman–Crippen LogP) is 0.443.